The molecule has 1 amide bonds. The van der Waals surface area contributed by atoms with Crippen molar-refractivity contribution >= 4 is 23.4 Å². The number of hydrogen-bond donors (Lipinski definition) is 2. The summed E-state index contributed by atoms with van der Waals surface area (Å²) in [4.78, 5) is 22.2. The first-order valence-corrected chi connectivity index (χ1v) is 10.4. The predicted molar refractivity (Wildman–Crippen MR) is 117 cm³/mol. The summed E-state index contributed by atoms with van der Waals surface area (Å²) in [5, 5.41) is 16.8. The highest BCUT2D eigenvalue weighted by molar-refractivity contribution is 5.89. The van der Waals surface area contributed by atoms with Crippen LogP contribution in [0.1, 0.15) is 12.8 Å². The van der Waals surface area contributed by atoms with Gasteiger partial charge < -0.3 is 15.8 Å². The smallest absolute Gasteiger partial charge is 0.414 e. The summed E-state index contributed by atoms with van der Waals surface area (Å²) in [7, 11) is 0. The molecule has 2 aromatic heterocycles. The van der Waals surface area contributed by atoms with E-state index in [4.69, 9.17) is 15.7 Å². The Morgan fingerprint density at radius 2 is 2.09 bits per heavy atom. The summed E-state index contributed by atoms with van der Waals surface area (Å²) >= 11 is 0. The second-order valence-corrected chi connectivity index (χ2v) is 8.04. The van der Waals surface area contributed by atoms with E-state index in [0.29, 0.717) is 38.5 Å². The lowest BCUT2D eigenvalue weighted by Gasteiger charge is -2.44. The fourth-order valence-corrected chi connectivity index (χ4v) is 4.17. The molecule has 3 heterocycles. The van der Waals surface area contributed by atoms with Gasteiger partial charge in [0, 0.05) is 35.9 Å². The van der Waals surface area contributed by atoms with Crippen LogP contribution in [0.15, 0.2) is 48.9 Å². The van der Waals surface area contributed by atoms with E-state index in [0.717, 1.165) is 22.6 Å². The highest BCUT2D eigenvalue weighted by Gasteiger charge is 2.45. The number of carbonyl (C=O) groups is 1. The molecule has 0 atom stereocenters. The number of benzene rings is 1. The lowest BCUT2D eigenvalue weighted by Crippen LogP contribution is -2.51. The first-order chi connectivity index (χ1) is 15.6. The van der Waals surface area contributed by atoms with Crippen molar-refractivity contribution in [3.63, 3.8) is 0 Å². The quantitative estimate of drug-likeness (QED) is 0.609. The largest absolute Gasteiger partial charge is 0.447 e. The Labute approximate surface area is 184 Å². The molecule has 2 aliphatic rings. The van der Waals surface area contributed by atoms with Crippen LogP contribution in [0, 0.1) is 17.2 Å². The molecule has 32 heavy (non-hydrogen) atoms. The molecule has 3 aromatic rings. The van der Waals surface area contributed by atoms with Crippen LogP contribution in [0.25, 0.3) is 11.3 Å². The average molecular weight is 430 g/mol. The SMILES string of the molecule is N#CC1CC(CN)(n2cc(-c3ccnc(Nc4ccc(N5CCOC5=O)cc4)n3)cn2)C1. The third-order valence-corrected chi connectivity index (χ3v) is 6.03. The topological polar surface area (TPSA) is 135 Å². The Morgan fingerprint density at radius 3 is 2.78 bits per heavy atom. The second-order valence-electron chi connectivity index (χ2n) is 8.04. The van der Waals surface area contributed by atoms with Crippen LogP contribution < -0.4 is 16.0 Å². The molecule has 162 valence electrons. The number of ether oxygens (including phenoxy) is 1. The number of anilines is 3. The summed E-state index contributed by atoms with van der Waals surface area (Å²) in [5.41, 5.74) is 8.87. The van der Waals surface area contributed by atoms with Crippen molar-refractivity contribution in [2.75, 3.05) is 29.9 Å². The van der Waals surface area contributed by atoms with Crippen LogP contribution in [0.3, 0.4) is 0 Å². The first-order valence-electron chi connectivity index (χ1n) is 10.4. The molecule has 1 saturated heterocycles. The van der Waals surface area contributed by atoms with Crippen molar-refractivity contribution in [2.24, 2.45) is 11.7 Å². The van der Waals surface area contributed by atoms with Gasteiger partial charge in [-0.2, -0.15) is 10.4 Å². The fourth-order valence-electron chi connectivity index (χ4n) is 4.17. The highest BCUT2D eigenvalue weighted by Crippen LogP contribution is 2.43. The third-order valence-electron chi connectivity index (χ3n) is 6.03. The number of nitriles is 1. The molecule has 5 rings (SSSR count). The molecule has 1 aliphatic carbocycles. The summed E-state index contributed by atoms with van der Waals surface area (Å²) in [6.45, 7) is 1.39. The van der Waals surface area contributed by atoms with Crippen molar-refractivity contribution < 1.29 is 9.53 Å². The van der Waals surface area contributed by atoms with E-state index in [1.54, 1.807) is 17.3 Å². The van der Waals surface area contributed by atoms with Gasteiger partial charge >= 0.3 is 6.09 Å². The Hall–Kier alpha value is -3.97. The normalized spacial score (nSPS) is 22.2. The van der Waals surface area contributed by atoms with Crippen molar-refractivity contribution in [1.82, 2.24) is 19.7 Å². The number of rotatable bonds is 6. The lowest BCUT2D eigenvalue weighted by atomic mass is 9.69. The van der Waals surface area contributed by atoms with Crippen molar-refractivity contribution in [2.45, 2.75) is 18.4 Å². The second kappa shape index (κ2) is 7.94. The van der Waals surface area contributed by atoms with Crippen LogP contribution in [0.2, 0.25) is 0 Å². The molecule has 10 nitrogen and oxygen atoms in total. The first kappa shape index (κ1) is 20.0. The number of amides is 1. The van der Waals surface area contributed by atoms with Crippen LogP contribution >= 0.6 is 0 Å². The number of hydrogen-bond acceptors (Lipinski definition) is 8. The van der Waals surface area contributed by atoms with Gasteiger partial charge in [0.25, 0.3) is 0 Å². The zero-order valence-electron chi connectivity index (χ0n) is 17.3. The van der Waals surface area contributed by atoms with Crippen molar-refractivity contribution in [1.29, 1.82) is 5.26 Å². The molecule has 0 spiro atoms. The third kappa shape index (κ3) is 3.52. The van der Waals surface area contributed by atoms with E-state index >= 15 is 0 Å². The van der Waals surface area contributed by atoms with Crippen LogP contribution in [-0.2, 0) is 10.3 Å². The Balaban J connectivity index is 1.31. The Bertz CT molecular complexity index is 1180. The minimum Gasteiger partial charge on any atom is -0.447 e. The fraction of sp³-hybridized carbons (Fsp3) is 0.318. The summed E-state index contributed by atoms with van der Waals surface area (Å²) in [5.74, 6) is 0.480. The molecule has 10 heteroatoms. The number of aromatic nitrogens is 4. The van der Waals surface area contributed by atoms with Gasteiger partial charge in [-0.25, -0.2) is 14.8 Å². The predicted octanol–water partition coefficient (Wildman–Crippen LogP) is 2.63. The van der Waals surface area contributed by atoms with Crippen LogP contribution in [0.5, 0.6) is 0 Å². The van der Waals surface area contributed by atoms with Gasteiger partial charge in [-0.3, -0.25) is 9.58 Å². The van der Waals surface area contributed by atoms with Gasteiger partial charge in [0.1, 0.15) is 6.61 Å². The van der Waals surface area contributed by atoms with E-state index < -0.39 is 0 Å². The van der Waals surface area contributed by atoms with Gasteiger partial charge in [-0.05, 0) is 43.2 Å². The summed E-state index contributed by atoms with van der Waals surface area (Å²) in [6.07, 6.45) is 6.46. The molecule has 0 bridgehead atoms. The van der Waals surface area contributed by atoms with Gasteiger partial charge in [0.2, 0.25) is 5.95 Å². The molecule has 3 N–H and O–H groups in total. The standard InChI is InChI=1S/C22H22N8O2/c23-11-15-9-22(10-15,14-24)30-13-16(12-26-30)19-5-6-25-20(28-19)27-17-1-3-18(4-2-17)29-7-8-32-21(29)31/h1-6,12-13,15H,7-10,14,24H2,(H,25,27,28). The maximum Gasteiger partial charge on any atom is 0.414 e. The van der Waals surface area contributed by atoms with E-state index in [1.165, 1.54) is 0 Å². The number of nitrogens with two attached hydrogens (primary N) is 1. The molecule has 2 fully saturated rings. The molecule has 1 aromatic carbocycles. The van der Waals surface area contributed by atoms with Gasteiger partial charge in [-0.15, -0.1) is 0 Å². The highest BCUT2D eigenvalue weighted by atomic mass is 16.6. The lowest BCUT2D eigenvalue weighted by molar-refractivity contribution is 0.0926. The number of nitrogens with one attached hydrogen (secondary N) is 1. The van der Waals surface area contributed by atoms with Gasteiger partial charge in [0.05, 0.1) is 36.0 Å². The van der Waals surface area contributed by atoms with Crippen LogP contribution in [0.4, 0.5) is 22.1 Å². The van der Waals surface area contributed by atoms with E-state index in [2.05, 4.69) is 26.5 Å². The Kier molecular flexibility index (Phi) is 4.95. The molecule has 1 saturated carbocycles. The maximum absolute atomic E-state index is 11.7. The zero-order valence-corrected chi connectivity index (χ0v) is 17.3. The summed E-state index contributed by atoms with van der Waals surface area (Å²) in [6, 6.07) is 11.5. The maximum atomic E-state index is 11.7. The minimum absolute atomic E-state index is 0.0311. The number of nitrogens with zero attached hydrogens (tertiary/aromatic N) is 6. The van der Waals surface area contributed by atoms with Gasteiger partial charge in [-0.1, -0.05) is 0 Å². The van der Waals surface area contributed by atoms with Gasteiger partial charge in [0.15, 0.2) is 0 Å². The Morgan fingerprint density at radius 1 is 1.28 bits per heavy atom. The van der Waals surface area contributed by atoms with E-state index in [9.17, 15) is 4.79 Å². The number of carbonyl (C=O) groups excluding carboxylic acids is 1. The zero-order chi connectivity index (χ0) is 22.1. The minimum atomic E-state index is -0.330. The van der Waals surface area contributed by atoms with E-state index in [1.807, 2.05) is 41.2 Å². The van der Waals surface area contributed by atoms with Crippen LogP contribution in [-0.4, -0.2) is 45.5 Å². The average Bonchev–Trinajstić information content (AvgIpc) is 3.44. The molecular weight excluding hydrogens is 408 g/mol. The monoisotopic (exact) mass is 430 g/mol. The van der Waals surface area contributed by atoms with Crippen molar-refractivity contribution in [3.05, 3.63) is 48.9 Å². The molecule has 1 aliphatic heterocycles. The molecule has 0 unspecified atom stereocenters. The molecule has 0 radical (unpaired) electrons. The van der Waals surface area contributed by atoms with E-state index in [-0.39, 0.29) is 17.6 Å². The van der Waals surface area contributed by atoms with Crippen molar-refractivity contribution in [3.8, 4) is 17.3 Å². The summed E-state index contributed by atoms with van der Waals surface area (Å²) < 4.78 is 6.84. The number of cyclic esters (lactones) is 1. The molecular formula is C22H22N8O2.